The predicted molar refractivity (Wildman–Crippen MR) is 348 cm³/mol. The van der Waals surface area contributed by atoms with E-state index in [9.17, 15) is 19.5 Å². The van der Waals surface area contributed by atoms with E-state index in [4.69, 9.17) is 36.1 Å². The number of esters is 1. The minimum absolute atomic E-state index is 0.000344. The number of carbonyl (C=O) groups excluding carboxylic acids is 3. The van der Waals surface area contributed by atoms with Crippen LogP contribution >= 0.6 is 34.7 Å². The number of fused-ring (bicyclic) bond motifs is 1. The number of thiazole rings is 1. The summed E-state index contributed by atoms with van der Waals surface area (Å²) < 4.78 is 12.9. The minimum atomic E-state index is -2.64. The van der Waals surface area contributed by atoms with Crippen LogP contribution in [0.5, 0.6) is 5.75 Å². The number of amides is 2. The lowest BCUT2D eigenvalue weighted by molar-refractivity contribution is -0.227. The molecule has 0 unspecified atom stereocenters. The van der Waals surface area contributed by atoms with Crippen molar-refractivity contribution in [3.8, 4) is 5.75 Å². The number of hydrogen-bond acceptors (Lipinski definition) is 13. The van der Waals surface area contributed by atoms with Crippen LogP contribution in [0.15, 0.2) is 282 Å². The van der Waals surface area contributed by atoms with Gasteiger partial charge >= 0.3 is 5.97 Å². The van der Waals surface area contributed by atoms with Crippen LogP contribution in [0.25, 0.3) is 0 Å². The van der Waals surface area contributed by atoms with E-state index in [2.05, 4.69) is 10.6 Å². The van der Waals surface area contributed by atoms with E-state index in [1.165, 1.54) is 40.1 Å². The van der Waals surface area contributed by atoms with Gasteiger partial charge in [-0.3, -0.25) is 19.3 Å². The fourth-order valence-corrected chi connectivity index (χ4v) is 14.0. The molecule has 444 valence electrons. The topological polar surface area (TPSA) is 174 Å². The van der Waals surface area contributed by atoms with Gasteiger partial charge in [-0.1, -0.05) is 230 Å². The number of β-lactam (4-membered cyclic amide) rings is 1. The summed E-state index contributed by atoms with van der Waals surface area (Å²) in [4.78, 5) is 71.9. The number of benzene rings is 8. The van der Waals surface area contributed by atoms with Gasteiger partial charge in [-0.15, -0.1) is 34.7 Å². The molecule has 0 spiro atoms. The molecule has 1 saturated heterocycles. The highest BCUT2D eigenvalue weighted by Crippen LogP contribution is 2.46. The van der Waals surface area contributed by atoms with Crippen molar-refractivity contribution < 1.29 is 33.8 Å². The number of thioether (sulfide) groups is 1. The van der Waals surface area contributed by atoms with E-state index < -0.39 is 63.6 Å². The SMILES string of the molecule is COc1ccc(COC(=O)C2=C(CCl)CS[C@@H]3[C@H](NC(=O)/C(=N\O[C@@](O)(c4cc(=O)ccn4C(c4ccccc4)c4ccccc4)C(c4ccccc4)c4ccccc4)c4csc(NC(c5ccccc5)(c5ccccc5)c5ccccc5)n4)C(=O)N23)cc1. The Balaban J connectivity index is 0.997. The molecule has 89 heavy (non-hydrogen) atoms. The van der Waals surface area contributed by atoms with Crippen LogP contribution in [0.2, 0.25) is 0 Å². The first-order valence-electron chi connectivity index (χ1n) is 28.7. The number of methoxy groups -OCH3 is 1. The monoisotopic (exact) mass is 1230 g/mol. The summed E-state index contributed by atoms with van der Waals surface area (Å²) in [6.07, 6.45) is 1.63. The largest absolute Gasteiger partial charge is 0.497 e. The number of alkyl halides is 1. The number of aromatic nitrogens is 2. The molecule has 0 bridgehead atoms. The quantitative estimate of drug-likeness (QED) is 0.0112. The molecule has 17 heteroatoms. The van der Waals surface area contributed by atoms with Crippen LogP contribution in [-0.2, 0) is 41.9 Å². The first kappa shape index (κ1) is 59.5. The molecule has 0 saturated carbocycles. The van der Waals surface area contributed by atoms with Crippen LogP contribution in [0.3, 0.4) is 0 Å². The Morgan fingerprint density at radius 3 is 1.71 bits per heavy atom. The zero-order valence-electron chi connectivity index (χ0n) is 48.0. The molecule has 8 aromatic carbocycles. The van der Waals surface area contributed by atoms with E-state index in [0.717, 1.165) is 27.8 Å². The fourth-order valence-electron chi connectivity index (χ4n) is 11.6. The Morgan fingerprint density at radius 1 is 0.697 bits per heavy atom. The molecule has 12 rings (SSSR count). The number of nitrogens with one attached hydrogen (secondary N) is 2. The highest BCUT2D eigenvalue weighted by Gasteiger charge is 2.55. The van der Waals surface area contributed by atoms with E-state index in [0.29, 0.717) is 33.1 Å². The number of rotatable bonds is 22. The van der Waals surface area contributed by atoms with Gasteiger partial charge in [0.05, 0.1) is 24.8 Å². The zero-order valence-corrected chi connectivity index (χ0v) is 50.4. The highest BCUT2D eigenvalue weighted by atomic mass is 35.5. The fraction of sp³-hybridized carbons (Fsp3) is 0.139. The number of nitrogens with zero attached hydrogens (tertiary/aromatic N) is 4. The lowest BCUT2D eigenvalue weighted by Gasteiger charge is -2.49. The van der Waals surface area contributed by atoms with Crippen LogP contribution in [-0.4, -0.2) is 73.2 Å². The van der Waals surface area contributed by atoms with Gasteiger partial charge in [0.15, 0.2) is 16.3 Å². The zero-order chi connectivity index (χ0) is 61.3. The third kappa shape index (κ3) is 12.2. The molecule has 0 radical (unpaired) electrons. The maximum absolute atomic E-state index is 15.7. The van der Waals surface area contributed by atoms with Crippen LogP contribution in [0.4, 0.5) is 5.13 Å². The number of pyridine rings is 1. The molecule has 10 aromatic rings. The molecular formula is C72H59ClN6O8S2. The second kappa shape index (κ2) is 26.6. The number of halogens is 1. The van der Waals surface area contributed by atoms with Crippen molar-refractivity contribution in [2.24, 2.45) is 5.16 Å². The number of oxime groups is 1. The number of anilines is 1. The van der Waals surface area contributed by atoms with E-state index >= 15 is 4.79 Å². The lowest BCUT2D eigenvalue weighted by atomic mass is 9.77. The molecule has 14 nitrogen and oxygen atoms in total. The second-order valence-corrected chi connectivity index (χ2v) is 23.5. The molecule has 2 aliphatic rings. The van der Waals surface area contributed by atoms with Gasteiger partial charge in [-0.05, 0) is 62.2 Å². The first-order chi connectivity index (χ1) is 43.6. The summed E-state index contributed by atoms with van der Waals surface area (Å²) in [5.74, 6) is -5.17. The summed E-state index contributed by atoms with van der Waals surface area (Å²) in [5.41, 5.74) is 4.81. The van der Waals surface area contributed by atoms with Crippen molar-refractivity contribution in [2.75, 3.05) is 24.1 Å². The second-order valence-electron chi connectivity index (χ2n) is 21.2. The Hall–Kier alpha value is -9.84. The standard InChI is InChI=1S/C72H59ClN6O8S2/c1-85-58-39-37-48(38-40-58)45-86-69(83)65-53(44-73)46-88-68-63(67(82)79(65)68)75-66(81)62(59-47-89-70(74-59)76-71(54-31-17-6-18-32-54,55-33-19-7-20-34-55)56-35-21-8-22-36-56)77-87-72(84,61(49-23-9-2-10-24-49)50-25-11-3-12-26-50)60-43-57(80)41-42-78(60)64(51-27-13-4-14-28-51)52-29-15-5-16-30-52/h2-43,47,61,63-64,68,84H,44-46H2,1H3,(H,74,76)(H,75,81)/b77-62-/t63-,68-,72+/m1/s1. The summed E-state index contributed by atoms with van der Waals surface area (Å²) in [6.45, 7) is -0.0879. The third-order valence-corrected chi connectivity index (χ3v) is 18.3. The van der Waals surface area contributed by atoms with Gasteiger partial charge in [-0.2, -0.15) is 0 Å². The van der Waals surface area contributed by atoms with Crippen LogP contribution in [0.1, 0.15) is 67.9 Å². The summed E-state index contributed by atoms with van der Waals surface area (Å²) in [5, 5.41) is 27.1. The van der Waals surface area contributed by atoms with E-state index in [-0.39, 0.29) is 35.3 Å². The number of ether oxygens (including phenoxy) is 2. The first-order valence-corrected chi connectivity index (χ1v) is 31.2. The molecule has 4 heterocycles. The van der Waals surface area contributed by atoms with Gasteiger partial charge in [0.2, 0.25) is 0 Å². The molecule has 2 amide bonds. The molecular weight excluding hydrogens is 1180 g/mol. The average molecular weight is 1240 g/mol. The molecule has 3 atom stereocenters. The van der Waals surface area contributed by atoms with Crippen LogP contribution in [0, 0.1) is 0 Å². The number of carbonyl (C=O) groups is 3. The Labute approximate surface area is 527 Å². The molecule has 2 aromatic heterocycles. The van der Waals surface area contributed by atoms with E-state index in [1.807, 2.05) is 212 Å². The lowest BCUT2D eigenvalue weighted by Crippen LogP contribution is -2.71. The molecule has 3 N–H and O–H groups in total. The van der Waals surface area contributed by atoms with Crippen molar-refractivity contribution in [3.63, 3.8) is 0 Å². The Bertz CT molecular complexity index is 4050. The third-order valence-electron chi connectivity index (χ3n) is 15.9. The Morgan fingerprint density at radius 2 is 1.20 bits per heavy atom. The number of hydrogen-bond donors (Lipinski definition) is 3. The smallest absolute Gasteiger partial charge is 0.355 e. The van der Waals surface area contributed by atoms with Crippen molar-refractivity contribution in [1.82, 2.24) is 19.8 Å². The van der Waals surface area contributed by atoms with Crippen LogP contribution < -0.4 is 20.8 Å². The van der Waals surface area contributed by atoms with Gasteiger partial charge < -0.3 is 34.6 Å². The summed E-state index contributed by atoms with van der Waals surface area (Å²) in [6, 6.07) is 75.7. The molecule has 1 fully saturated rings. The van der Waals surface area contributed by atoms with Crippen molar-refractivity contribution in [3.05, 3.63) is 338 Å². The molecule has 0 aliphatic carbocycles. The van der Waals surface area contributed by atoms with Gasteiger partial charge in [0.1, 0.15) is 40.7 Å². The minimum Gasteiger partial charge on any atom is -0.497 e. The van der Waals surface area contributed by atoms with E-state index in [1.54, 1.807) is 47.5 Å². The maximum atomic E-state index is 15.7. The number of aliphatic hydroxyl groups is 1. The summed E-state index contributed by atoms with van der Waals surface area (Å²) >= 11 is 9.00. The highest BCUT2D eigenvalue weighted by molar-refractivity contribution is 8.00. The van der Waals surface area contributed by atoms with Crippen molar-refractivity contribution >= 4 is 63.3 Å². The van der Waals surface area contributed by atoms with Gasteiger partial charge in [0.25, 0.3) is 17.6 Å². The van der Waals surface area contributed by atoms with Gasteiger partial charge in [0, 0.05) is 35.3 Å². The predicted octanol–water partition coefficient (Wildman–Crippen LogP) is 12.4. The summed E-state index contributed by atoms with van der Waals surface area (Å²) in [7, 11) is 1.56. The Kier molecular flexibility index (Phi) is 17.8. The van der Waals surface area contributed by atoms with Crippen molar-refractivity contribution in [2.45, 2.75) is 41.3 Å². The molecule has 2 aliphatic heterocycles. The normalized spacial score (nSPS) is 15.6. The van der Waals surface area contributed by atoms with Gasteiger partial charge in [-0.25, -0.2) is 9.78 Å². The maximum Gasteiger partial charge on any atom is 0.355 e. The van der Waals surface area contributed by atoms with Crippen molar-refractivity contribution in [1.29, 1.82) is 0 Å². The average Bonchev–Trinajstić information content (AvgIpc) is 1.40.